The number of amides is 1. The zero-order valence-electron chi connectivity index (χ0n) is 14.8. The lowest BCUT2D eigenvalue weighted by molar-refractivity contribution is -0.144. The minimum absolute atomic E-state index is 0.0391. The lowest BCUT2D eigenvalue weighted by atomic mass is 9.83. The minimum Gasteiger partial charge on any atom is -0.461 e. The van der Waals surface area contributed by atoms with E-state index in [-0.39, 0.29) is 25.4 Å². The largest absolute Gasteiger partial charge is 0.461 e. The molecule has 0 unspecified atom stereocenters. The molecule has 1 aliphatic rings. The number of carbonyl (C=O) groups excluding carboxylic acids is 2. The maximum atomic E-state index is 13.6. The summed E-state index contributed by atoms with van der Waals surface area (Å²) < 4.78 is 32.2. The average molecular weight is 371 g/mol. The topological polar surface area (TPSA) is 55.4 Å². The fraction of sp³-hybridized carbons (Fsp3) is 0.238. The van der Waals surface area contributed by atoms with Gasteiger partial charge in [0, 0.05) is 18.0 Å². The van der Waals surface area contributed by atoms with Crippen molar-refractivity contribution in [3.63, 3.8) is 0 Å². The van der Waals surface area contributed by atoms with Gasteiger partial charge in [0.05, 0.1) is 6.42 Å². The molecule has 2 aromatic rings. The smallest absolute Gasteiger partial charge is 0.310 e. The molecule has 0 fully saturated rings. The van der Waals surface area contributed by atoms with Crippen LogP contribution in [-0.2, 0) is 20.9 Å². The standard InChI is InChI=1S/C21H19F2NO3/c1-13-16(11-21(26)27-12-14-5-3-2-4-6-14)17(10-20(25)24-13)15-7-8-18(22)19(23)9-15/h2-9,17H,10-12H2,1H3,(H,24,25)/t17-/m1/s1. The molecule has 140 valence electrons. The van der Waals surface area contributed by atoms with Crippen LogP contribution in [0.15, 0.2) is 59.8 Å². The van der Waals surface area contributed by atoms with Crippen LogP contribution in [0.4, 0.5) is 8.78 Å². The Morgan fingerprint density at radius 1 is 1.15 bits per heavy atom. The van der Waals surface area contributed by atoms with Gasteiger partial charge in [-0.05, 0) is 35.8 Å². The van der Waals surface area contributed by atoms with Crippen molar-refractivity contribution < 1.29 is 23.1 Å². The van der Waals surface area contributed by atoms with E-state index in [1.165, 1.54) is 6.07 Å². The summed E-state index contributed by atoms with van der Waals surface area (Å²) in [6.45, 7) is 1.83. The normalized spacial score (nSPS) is 16.9. The number of hydrogen-bond donors (Lipinski definition) is 1. The Hall–Kier alpha value is -3.02. The number of hydrogen-bond acceptors (Lipinski definition) is 3. The van der Waals surface area contributed by atoms with Crippen molar-refractivity contribution in [3.8, 4) is 0 Å². The summed E-state index contributed by atoms with van der Waals surface area (Å²) in [5.41, 5.74) is 2.50. The average Bonchev–Trinajstić information content (AvgIpc) is 2.65. The van der Waals surface area contributed by atoms with Gasteiger partial charge in [-0.2, -0.15) is 0 Å². The summed E-state index contributed by atoms with van der Waals surface area (Å²) >= 11 is 0. The Morgan fingerprint density at radius 2 is 1.89 bits per heavy atom. The van der Waals surface area contributed by atoms with Gasteiger partial charge < -0.3 is 10.1 Å². The monoisotopic (exact) mass is 371 g/mol. The number of ether oxygens (including phenoxy) is 1. The molecule has 6 heteroatoms. The predicted octanol–water partition coefficient (Wildman–Crippen LogP) is 3.98. The Balaban J connectivity index is 1.77. The lowest BCUT2D eigenvalue weighted by Gasteiger charge is -2.27. The maximum absolute atomic E-state index is 13.6. The van der Waals surface area contributed by atoms with Crippen molar-refractivity contribution in [1.29, 1.82) is 0 Å². The van der Waals surface area contributed by atoms with Crippen LogP contribution in [0.2, 0.25) is 0 Å². The highest BCUT2D eigenvalue weighted by Gasteiger charge is 2.29. The van der Waals surface area contributed by atoms with Crippen LogP contribution < -0.4 is 5.32 Å². The number of halogens is 2. The first-order chi connectivity index (χ1) is 12.9. The number of carbonyl (C=O) groups is 2. The van der Waals surface area contributed by atoms with Gasteiger partial charge in [0.1, 0.15) is 6.61 Å². The molecule has 3 rings (SSSR count). The molecule has 1 amide bonds. The van der Waals surface area contributed by atoms with Gasteiger partial charge in [0.25, 0.3) is 0 Å². The minimum atomic E-state index is -0.984. The first-order valence-corrected chi connectivity index (χ1v) is 8.58. The van der Waals surface area contributed by atoms with E-state index in [1.807, 2.05) is 30.3 Å². The van der Waals surface area contributed by atoms with Crippen molar-refractivity contribution in [2.45, 2.75) is 32.3 Å². The molecule has 1 N–H and O–H groups in total. The maximum Gasteiger partial charge on any atom is 0.310 e. The molecule has 0 aliphatic carbocycles. The van der Waals surface area contributed by atoms with Gasteiger partial charge in [0.15, 0.2) is 11.6 Å². The number of nitrogens with one attached hydrogen (secondary N) is 1. The van der Waals surface area contributed by atoms with Crippen LogP contribution in [0.1, 0.15) is 36.8 Å². The Kier molecular flexibility index (Phi) is 5.64. The quantitative estimate of drug-likeness (QED) is 0.809. The Bertz CT molecular complexity index is 894. The third-order valence-electron chi connectivity index (χ3n) is 4.54. The third-order valence-corrected chi connectivity index (χ3v) is 4.54. The zero-order chi connectivity index (χ0) is 19.4. The highest BCUT2D eigenvalue weighted by molar-refractivity contribution is 5.83. The third kappa shape index (κ3) is 4.58. The molecular formula is C21H19F2NO3. The molecule has 27 heavy (non-hydrogen) atoms. The zero-order valence-corrected chi connectivity index (χ0v) is 14.8. The molecule has 2 aromatic carbocycles. The number of esters is 1. The van der Waals surface area contributed by atoms with E-state index in [0.29, 0.717) is 16.8 Å². The summed E-state index contributed by atoms with van der Waals surface area (Å²) in [7, 11) is 0. The van der Waals surface area contributed by atoms with Crippen LogP contribution in [0.25, 0.3) is 0 Å². The first-order valence-electron chi connectivity index (χ1n) is 8.58. The molecule has 1 atom stereocenters. The molecule has 0 spiro atoms. The summed E-state index contributed by atoms with van der Waals surface area (Å²) in [5.74, 6) is -3.12. The molecule has 0 radical (unpaired) electrons. The van der Waals surface area contributed by atoms with E-state index in [0.717, 1.165) is 17.7 Å². The lowest BCUT2D eigenvalue weighted by Crippen LogP contribution is -2.32. The van der Waals surface area contributed by atoms with Gasteiger partial charge in [-0.15, -0.1) is 0 Å². The molecule has 4 nitrogen and oxygen atoms in total. The van der Waals surface area contributed by atoms with Crippen LogP contribution >= 0.6 is 0 Å². The van der Waals surface area contributed by atoms with Crippen molar-refractivity contribution in [1.82, 2.24) is 5.32 Å². The molecule has 0 bridgehead atoms. The second-order valence-electron chi connectivity index (χ2n) is 6.45. The van der Waals surface area contributed by atoms with Crippen molar-refractivity contribution >= 4 is 11.9 Å². The van der Waals surface area contributed by atoms with E-state index in [9.17, 15) is 18.4 Å². The van der Waals surface area contributed by atoms with E-state index in [2.05, 4.69) is 5.32 Å². The van der Waals surface area contributed by atoms with Crippen LogP contribution in [0.3, 0.4) is 0 Å². The second kappa shape index (κ2) is 8.12. The van der Waals surface area contributed by atoms with Crippen LogP contribution in [-0.4, -0.2) is 11.9 Å². The first kappa shape index (κ1) is 18.8. The van der Waals surface area contributed by atoms with Crippen LogP contribution in [0.5, 0.6) is 0 Å². The van der Waals surface area contributed by atoms with E-state index < -0.39 is 23.5 Å². The van der Waals surface area contributed by atoms with Gasteiger partial charge >= 0.3 is 5.97 Å². The molecule has 0 aromatic heterocycles. The van der Waals surface area contributed by atoms with E-state index in [1.54, 1.807) is 6.92 Å². The van der Waals surface area contributed by atoms with Crippen molar-refractivity contribution in [3.05, 3.63) is 82.6 Å². The summed E-state index contributed by atoms with van der Waals surface area (Å²) in [5, 5.41) is 2.70. The van der Waals surface area contributed by atoms with E-state index >= 15 is 0 Å². The molecular weight excluding hydrogens is 352 g/mol. The summed E-state index contributed by atoms with van der Waals surface area (Å²) in [6.07, 6.45) is 0.0202. The second-order valence-corrected chi connectivity index (χ2v) is 6.45. The highest BCUT2D eigenvalue weighted by atomic mass is 19.2. The fourth-order valence-electron chi connectivity index (χ4n) is 3.16. The summed E-state index contributed by atoms with van der Waals surface area (Å²) in [4.78, 5) is 24.2. The molecule has 1 heterocycles. The van der Waals surface area contributed by atoms with Gasteiger partial charge in [0.2, 0.25) is 5.91 Å². The van der Waals surface area contributed by atoms with Crippen molar-refractivity contribution in [2.75, 3.05) is 0 Å². The summed E-state index contributed by atoms with van der Waals surface area (Å²) in [6, 6.07) is 12.8. The van der Waals surface area contributed by atoms with Gasteiger partial charge in [-0.25, -0.2) is 8.78 Å². The van der Waals surface area contributed by atoms with Crippen molar-refractivity contribution in [2.24, 2.45) is 0 Å². The SMILES string of the molecule is CC1=C(CC(=O)OCc2ccccc2)[C@@H](c2ccc(F)c(F)c2)CC(=O)N1. The Labute approximate surface area is 155 Å². The fourth-order valence-corrected chi connectivity index (χ4v) is 3.16. The Morgan fingerprint density at radius 3 is 2.59 bits per heavy atom. The number of allylic oxidation sites excluding steroid dienone is 1. The molecule has 0 saturated carbocycles. The molecule has 1 aliphatic heterocycles. The number of rotatable bonds is 5. The predicted molar refractivity (Wildman–Crippen MR) is 95.4 cm³/mol. The van der Waals surface area contributed by atoms with Gasteiger partial charge in [-0.3, -0.25) is 9.59 Å². The van der Waals surface area contributed by atoms with Gasteiger partial charge in [-0.1, -0.05) is 36.4 Å². The number of benzene rings is 2. The van der Waals surface area contributed by atoms with E-state index in [4.69, 9.17) is 4.74 Å². The van der Waals surface area contributed by atoms with Crippen LogP contribution in [0, 0.1) is 11.6 Å². The highest BCUT2D eigenvalue weighted by Crippen LogP contribution is 2.35. The molecule has 0 saturated heterocycles.